The van der Waals surface area contributed by atoms with E-state index in [0.717, 1.165) is 24.3 Å². The van der Waals surface area contributed by atoms with Crippen LogP contribution in [0.1, 0.15) is 18.9 Å². The van der Waals surface area contributed by atoms with Gasteiger partial charge in [0.25, 0.3) is 0 Å². The molecule has 1 aromatic carbocycles. The van der Waals surface area contributed by atoms with Crippen molar-refractivity contribution in [1.82, 2.24) is 5.43 Å². The second-order valence-corrected chi connectivity index (χ2v) is 2.87. The van der Waals surface area contributed by atoms with Crippen molar-refractivity contribution in [3.05, 3.63) is 29.8 Å². The van der Waals surface area contributed by atoms with Gasteiger partial charge in [0, 0.05) is 6.54 Å². The first-order valence-electron chi connectivity index (χ1n) is 4.52. The number of hydrogen-bond acceptors (Lipinski definition) is 3. The average Bonchev–Trinajstić information content (AvgIpc) is 2.17. The molecule has 0 bridgehead atoms. The molecule has 0 saturated carbocycles. The lowest BCUT2D eigenvalue weighted by molar-refractivity contribution is 0.317. The fourth-order valence-corrected chi connectivity index (χ4v) is 1.04. The summed E-state index contributed by atoms with van der Waals surface area (Å²) in [4.78, 5) is 0. The van der Waals surface area contributed by atoms with Crippen LogP contribution in [0.2, 0.25) is 0 Å². The summed E-state index contributed by atoms with van der Waals surface area (Å²) in [6.45, 7) is 3.55. The van der Waals surface area contributed by atoms with Gasteiger partial charge in [0.2, 0.25) is 0 Å². The van der Waals surface area contributed by atoms with Crippen LogP contribution in [0.25, 0.3) is 0 Å². The Balaban J connectivity index is 0.00000169. The Morgan fingerprint density at radius 3 is 2.43 bits per heavy atom. The Labute approximate surface area is 91.0 Å². The maximum atomic E-state index is 5.44. The van der Waals surface area contributed by atoms with E-state index in [0.29, 0.717) is 6.54 Å². The van der Waals surface area contributed by atoms with E-state index in [2.05, 4.69) is 12.3 Å². The zero-order valence-electron chi connectivity index (χ0n) is 8.32. The fraction of sp³-hybridized carbons (Fsp3) is 0.400. The van der Waals surface area contributed by atoms with Gasteiger partial charge in [-0.15, -0.1) is 12.4 Å². The van der Waals surface area contributed by atoms with Crippen LogP contribution in [0.15, 0.2) is 24.3 Å². The van der Waals surface area contributed by atoms with Crippen LogP contribution in [0, 0.1) is 0 Å². The molecule has 0 spiro atoms. The maximum absolute atomic E-state index is 5.44. The largest absolute Gasteiger partial charge is 0.494 e. The summed E-state index contributed by atoms with van der Waals surface area (Å²) in [6.07, 6.45) is 1.03. The predicted molar refractivity (Wildman–Crippen MR) is 60.5 cm³/mol. The number of nitrogens with two attached hydrogens (primary N) is 1. The number of rotatable bonds is 5. The fourth-order valence-electron chi connectivity index (χ4n) is 1.04. The van der Waals surface area contributed by atoms with E-state index in [1.54, 1.807) is 0 Å². The van der Waals surface area contributed by atoms with Crippen LogP contribution in [-0.2, 0) is 6.54 Å². The van der Waals surface area contributed by atoms with Gasteiger partial charge in [0.15, 0.2) is 0 Å². The van der Waals surface area contributed by atoms with Crippen molar-refractivity contribution < 1.29 is 4.74 Å². The summed E-state index contributed by atoms with van der Waals surface area (Å²) in [5.41, 5.74) is 3.76. The van der Waals surface area contributed by atoms with Crippen LogP contribution < -0.4 is 16.0 Å². The Morgan fingerprint density at radius 2 is 1.93 bits per heavy atom. The van der Waals surface area contributed by atoms with Crippen molar-refractivity contribution in [2.24, 2.45) is 5.84 Å². The lowest BCUT2D eigenvalue weighted by Gasteiger charge is -2.05. The summed E-state index contributed by atoms with van der Waals surface area (Å²) >= 11 is 0. The lowest BCUT2D eigenvalue weighted by atomic mass is 10.2. The molecule has 0 fully saturated rings. The van der Waals surface area contributed by atoms with E-state index in [-0.39, 0.29) is 12.4 Å². The Hall–Kier alpha value is -0.770. The minimum absolute atomic E-state index is 0. The quantitative estimate of drug-likeness (QED) is 0.584. The molecule has 0 amide bonds. The zero-order chi connectivity index (χ0) is 9.52. The molecule has 0 radical (unpaired) electrons. The number of hydrazine groups is 1. The minimum atomic E-state index is 0. The standard InChI is InChI=1S/C10H16N2O.ClH/c1-2-7-13-10-5-3-9(4-6-10)8-12-11;/h3-6,12H,2,7-8,11H2,1H3;1H. The van der Waals surface area contributed by atoms with Gasteiger partial charge in [-0.05, 0) is 24.1 Å². The molecule has 0 aliphatic heterocycles. The van der Waals surface area contributed by atoms with Crippen molar-refractivity contribution in [2.75, 3.05) is 6.61 Å². The average molecular weight is 217 g/mol. The lowest BCUT2D eigenvalue weighted by Crippen LogP contribution is -2.20. The zero-order valence-corrected chi connectivity index (χ0v) is 9.14. The molecule has 0 aliphatic rings. The normalized spacial score (nSPS) is 9.29. The summed E-state index contributed by atoms with van der Waals surface area (Å²) in [5, 5.41) is 0. The summed E-state index contributed by atoms with van der Waals surface area (Å²) in [7, 11) is 0. The van der Waals surface area contributed by atoms with E-state index < -0.39 is 0 Å². The van der Waals surface area contributed by atoms with Gasteiger partial charge >= 0.3 is 0 Å². The monoisotopic (exact) mass is 216 g/mol. The van der Waals surface area contributed by atoms with Crippen molar-refractivity contribution in [3.8, 4) is 5.75 Å². The van der Waals surface area contributed by atoms with Crippen molar-refractivity contribution in [1.29, 1.82) is 0 Å². The number of benzene rings is 1. The first-order chi connectivity index (χ1) is 6.36. The van der Waals surface area contributed by atoms with Crippen molar-refractivity contribution >= 4 is 12.4 Å². The Kier molecular flexibility index (Phi) is 7.20. The summed E-state index contributed by atoms with van der Waals surface area (Å²) in [6, 6.07) is 7.93. The Morgan fingerprint density at radius 1 is 1.29 bits per heavy atom. The molecule has 4 heteroatoms. The molecule has 1 aromatic rings. The van der Waals surface area contributed by atoms with Crippen LogP contribution in [0.3, 0.4) is 0 Å². The topological polar surface area (TPSA) is 47.3 Å². The van der Waals surface area contributed by atoms with E-state index in [9.17, 15) is 0 Å². The van der Waals surface area contributed by atoms with Crippen LogP contribution in [0.4, 0.5) is 0 Å². The van der Waals surface area contributed by atoms with Gasteiger partial charge in [-0.2, -0.15) is 0 Å². The number of halogens is 1. The van der Waals surface area contributed by atoms with Gasteiger partial charge in [0.05, 0.1) is 6.61 Å². The highest BCUT2D eigenvalue weighted by Crippen LogP contribution is 2.11. The Bertz CT molecular complexity index is 238. The predicted octanol–water partition coefficient (Wildman–Crippen LogP) is 1.86. The molecule has 0 saturated heterocycles. The van der Waals surface area contributed by atoms with Crippen LogP contribution in [-0.4, -0.2) is 6.61 Å². The summed E-state index contributed by atoms with van der Waals surface area (Å²) in [5.74, 6) is 6.12. The SMILES string of the molecule is CCCOc1ccc(CNN)cc1.Cl. The third-order valence-electron chi connectivity index (χ3n) is 1.70. The number of hydrogen-bond donors (Lipinski definition) is 2. The van der Waals surface area contributed by atoms with Gasteiger partial charge in [-0.25, -0.2) is 0 Å². The molecule has 0 heterocycles. The van der Waals surface area contributed by atoms with Crippen LogP contribution in [0.5, 0.6) is 5.75 Å². The van der Waals surface area contributed by atoms with Crippen LogP contribution >= 0.6 is 12.4 Å². The third-order valence-corrected chi connectivity index (χ3v) is 1.70. The first-order valence-corrected chi connectivity index (χ1v) is 4.52. The first kappa shape index (κ1) is 13.2. The number of ether oxygens (including phenoxy) is 1. The molecule has 14 heavy (non-hydrogen) atoms. The van der Waals surface area contributed by atoms with Crippen molar-refractivity contribution in [3.63, 3.8) is 0 Å². The van der Waals surface area contributed by atoms with Gasteiger partial charge < -0.3 is 4.74 Å². The number of nitrogens with one attached hydrogen (secondary N) is 1. The highest BCUT2D eigenvalue weighted by atomic mass is 35.5. The molecule has 0 aliphatic carbocycles. The van der Waals surface area contributed by atoms with E-state index >= 15 is 0 Å². The van der Waals surface area contributed by atoms with E-state index in [1.807, 2.05) is 24.3 Å². The third kappa shape index (κ3) is 4.46. The molecular formula is C10H17ClN2O. The van der Waals surface area contributed by atoms with E-state index in [1.165, 1.54) is 0 Å². The van der Waals surface area contributed by atoms with Gasteiger partial charge in [0.1, 0.15) is 5.75 Å². The highest BCUT2D eigenvalue weighted by molar-refractivity contribution is 5.85. The molecule has 3 nitrogen and oxygen atoms in total. The molecule has 80 valence electrons. The van der Waals surface area contributed by atoms with Crippen molar-refractivity contribution in [2.45, 2.75) is 19.9 Å². The second kappa shape index (κ2) is 7.62. The minimum Gasteiger partial charge on any atom is -0.494 e. The molecule has 3 N–H and O–H groups in total. The molecular weight excluding hydrogens is 200 g/mol. The second-order valence-electron chi connectivity index (χ2n) is 2.87. The van der Waals surface area contributed by atoms with E-state index in [4.69, 9.17) is 10.6 Å². The molecule has 0 atom stereocenters. The van der Waals surface area contributed by atoms with Gasteiger partial charge in [-0.3, -0.25) is 11.3 Å². The van der Waals surface area contributed by atoms with Gasteiger partial charge in [-0.1, -0.05) is 19.1 Å². The smallest absolute Gasteiger partial charge is 0.119 e. The molecule has 0 aromatic heterocycles. The molecule has 0 unspecified atom stereocenters. The highest BCUT2D eigenvalue weighted by Gasteiger charge is 1.93. The maximum Gasteiger partial charge on any atom is 0.119 e. The summed E-state index contributed by atoms with van der Waals surface area (Å²) < 4.78 is 5.44. The molecule has 1 rings (SSSR count).